The second kappa shape index (κ2) is 6.61. The molecule has 0 saturated carbocycles. The first-order valence-corrected chi connectivity index (χ1v) is 6.93. The zero-order chi connectivity index (χ0) is 12.1. The van der Waals surface area contributed by atoms with Crippen LogP contribution in [0.3, 0.4) is 0 Å². The van der Waals surface area contributed by atoms with E-state index < -0.39 is 0 Å². The van der Waals surface area contributed by atoms with E-state index in [2.05, 4.69) is 45.3 Å². The number of hydrogen-bond donors (Lipinski definition) is 2. The third kappa shape index (κ3) is 4.06. The van der Waals surface area contributed by atoms with Crippen molar-refractivity contribution in [2.45, 2.75) is 34.6 Å². The molecule has 2 heteroatoms. The van der Waals surface area contributed by atoms with E-state index in [1.54, 1.807) is 0 Å². The molecule has 16 heavy (non-hydrogen) atoms. The third-order valence-corrected chi connectivity index (χ3v) is 4.18. The first-order valence-electron chi connectivity index (χ1n) is 6.93. The summed E-state index contributed by atoms with van der Waals surface area (Å²) in [5.74, 6) is 4.05. The smallest absolute Gasteiger partial charge is 0.000522 e. The highest BCUT2D eigenvalue weighted by molar-refractivity contribution is 4.80. The number of rotatable bonds is 6. The van der Waals surface area contributed by atoms with E-state index in [4.69, 9.17) is 0 Å². The van der Waals surface area contributed by atoms with Gasteiger partial charge >= 0.3 is 0 Å². The zero-order valence-corrected chi connectivity index (χ0v) is 11.7. The van der Waals surface area contributed by atoms with Gasteiger partial charge in [0.1, 0.15) is 0 Å². The van der Waals surface area contributed by atoms with Crippen molar-refractivity contribution >= 4 is 0 Å². The maximum absolute atomic E-state index is 3.68. The highest BCUT2D eigenvalue weighted by atomic mass is 15.0. The van der Waals surface area contributed by atoms with Gasteiger partial charge in [0.05, 0.1) is 0 Å². The molecule has 0 aromatic rings. The van der Waals surface area contributed by atoms with Gasteiger partial charge in [-0.05, 0) is 55.8 Å². The third-order valence-electron chi connectivity index (χ3n) is 4.18. The second-order valence-corrected chi connectivity index (χ2v) is 6.21. The summed E-state index contributed by atoms with van der Waals surface area (Å²) >= 11 is 0. The van der Waals surface area contributed by atoms with E-state index in [0.717, 1.165) is 29.6 Å². The minimum absolute atomic E-state index is 0.784. The molecule has 1 aliphatic rings. The molecule has 0 bridgehead atoms. The normalized spacial score (nSPS) is 26.2. The Morgan fingerprint density at radius 2 is 1.75 bits per heavy atom. The fraction of sp³-hybridized carbons (Fsp3) is 1.00. The molecule has 2 unspecified atom stereocenters. The summed E-state index contributed by atoms with van der Waals surface area (Å²) in [5.41, 5.74) is 0. The summed E-state index contributed by atoms with van der Waals surface area (Å²) in [5, 5.41) is 7.15. The Morgan fingerprint density at radius 3 is 2.19 bits per heavy atom. The summed E-state index contributed by atoms with van der Waals surface area (Å²) in [6.07, 6.45) is 0. The maximum atomic E-state index is 3.68. The second-order valence-electron chi connectivity index (χ2n) is 6.21. The lowest BCUT2D eigenvalue weighted by Crippen LogP contribution is -2.34. The molecule has 0 aromatic carbocycles. The molecular weight excluding hydrogens is 196 g/mol. The average molecular weight is 226 g/mol. The van der Waals surface area contributed by atoms with Crippen molar-refractivity contribution in [3.63, 3.8) is 0 Å². The van der Waals surface area contributed by atoms with E-state index in [9.17, 15) is 0 Å². The standard InChI is InChI=1S/C14H30N2/c1-10(2)14(11(3)4)9-16-8-13-7-15-6-12(13)5/h10-16H,6-9H2,1-5H3. The van der Waals surface area contributed by atoms with E-state index in [-0.39, 0.29) is 0 Å². The van der Waals surface area contributed by atoms with Gasteiger partial charge in [0, 0.05) is 0 Å². The first kappa shape index (κ1) is 14.0. The van der Waals surface area contributed by atoms with Crippen molar-refractivity contribution in [2.24, 2.45) is 29.6 Å². The van der Waals surface area contributed by atoms with E-state index in [1.165, 1.54) is 26.2 Å². The topological polar surface area (TPSA) is 24.1 Å². The van der Waals surface area contributed by atoms with E-state index in [0.29, 0.717) is 0 Å². The summed E-state index contributed by atoms with van der Waals surface area (Å²) in [4.78, 5) is 0. The van der Waals surface area contributed by atoms with Crippen LogP contribution in [0.2, 0.25) is 0 Å². The van der Waals surface area contributed by atoms with Gasteiger partial charge in [-0.1, -0.05) is 34.6 Å². The van der Waals surface area contributed by atoms with Gasteiger partial charge in [0.15, 0.2) is 0 Å². The van der Waals surface area contributed by atoms with Crippen molar-refractivity contribution in [3.8, 4) is 0 Å². The predicted molar refractivity (Wildman–Crippen MR) is 71.6 cm³/mol. The summed E-state index contributed by atoms with van der Waals surface area (Å²) in [6, 6.07) is 0. The van der Waals surface area contributed by atoms with Gasteiger partial charge in [-0.3, -0.25) is 0 Å². The van der Waals surface area contributed by atoms with Crippen LogP contribution in [0.4, 0.5) is 0 Å². The largest absolute Gasteiger partial charge is 0.316 e. The summed E-state index contributed by atoms with van der Waals surface area (Å²) in [6.45, 7) is 16.5. The molecule has 0 radical (unpaired) electrons. The van der Waals surface area contributed by atoms with Gasteiger partial charge < -0.3 is 10.6 Å². The fourth-order valence-electron chi connectivity index (χ4n) is 2.81. The highest BCUT2D eigenvalue weighted by Crippen LogP contribution is 2.20. The Balaban J connectivity index is 2.22. The molecule has 1 aliphatic heterocycles. The van der Waals surface area contributed by atoms with Crippen LogP contribution in [0, 0.1) is 29.6 Å². The molecule has 0 aromatic heterocycles. The Kier molecular flexibility index (Phi) is 5.77. The van der Waals surface area contributed by atoms with Gasteiger partial charge in [0.2, 0.25) is 0 Å². The lowest BCUT2D eigenvalue weighted by Gasteiger charge is -2.26. The van der Waals surface area contributed by atoms with Crippen LogP contribution in [0.15, 0.2) is 0 Å². The van der Waals surface area contributed by atoms with Crippen LogP contribution < -0.4 is 10.6 Å². The molecule has 2 atom stereocenters. The summed E-state index contributed by atoms with van der Waals surface area (Å²) < 4.78 is 0. The lowest BCUT2D eigenvalue weighted by molar-refractivity contribution is 0.267. The van der Waals surface area contributed by atoms with Crippen LogP contribution in [-0.4, -0.2) is 26.2 Å². The van der Waals surface area contributed by atoms with Crippen molar-refractivity contribution in [1.82, 2.24) is 10.6 Å². The Hall–Kier alpha value is -0.0800. The van der Waals surface area contributed by atoms with Crippen molar-refractivity contribution in [3.05, 3.63) is 0 Å². The van der Waals surface area contributed by atoms with E-state index in [1.807, 2.05) is 0 Å². The molecule has 0 spiro atoms. The Labute approximate surface area is 102 Å². The molecule has 1 saturated heterocycles. The van der Waals surface area contributed by atoms with Gasteiger partial charge in [-0.2, -0.15) is 0 Å². The minimum atomic E-state index is 0.784. The molecule has 96 valence electrons. The molecule has 0 amide bonds. The Morgan fingerprint density at radius 1 is 1.12 bits per heavy atom. The first-order chi connectivity index (χ1) is 7.52. The van der Waals surface area contributed by atoms with Crippen LogP contribution in [0.1, 0.15) is 34.6 Å². The van der Waals surface area contributed by atoms with E-state index >= 15 is 0 Å². The molecule has 2 N–H and O–H groups in total. The molecule has 1 heterocycles. The van der Waals surface area contributed by atoms with Crippen molar-refractivity contribution < 1.29 is 0 Å². The van der Waals surface area contributed by atoms with Gasteiger partial charge in [-0.25, -0.2) is 0 Å². The van der Waals surface area contributed by atoms with Crippen molar-refractivity contribution in [2.75, 3.05) is 26.2 Å². The highest BCUT2D eigenvalue weighted by Gasteiger charge is 2.23. The molecule has 2 nitrogen and oxygen atoms in total. The molecular formula is C14H30N2. The summed E-state index contributed by atoms with van der Waals surface area (Å²) in [7, 11) is 0. The van der Waals surface area contributed by atoms with Gasteiger partial charge in [-0.15, -0.1) is 0 Å². The minimum Gasteiger partial charge on any atom is -0.316 e. The molecule has 1 fully saturated rings. The van der Waals surface area contributed by atoms with Gasteiger partial charge in [0.25, 0.3) is 0 Å². The fourth-order valence-corrected chi connectivity index (χ4v) is 2.81. The van der Waals surface area contributed by atoms with Crippen LogP contribution >= 0.6 is 0 Å². The van der Waals surface area contributed by atoms with Crippen LogP contribution in [-0.2, 0) is 0 Å². The monoisotopic (exact) mass is 226 g/mol. The number of hydrogen-bond acceptors (Lipinski definition) is 2. The SMILES string of the molecule is CC(C)C(CNCC1CNCC1C)C(C)C. The predicted octanol–water partition coefficient (Wildman–Crippen LogP) is 2.36. The molecule has 1 rings (SSSR count). The average Bonchev–Trinajstić information content (AvgIpc) is 2.57. The quantitative estimate of drug-likeness (QED) is 0.726. The Bertz CT molecular complexity index is 181. The molecule has 0 aliphatic carbocycles. The van der Waals surface area contributed by atoms with Crippen LogP contribution in [0.25, 0.3) is 0 Å². The van der Waals surface area contributed by atoms with Crippen molar-refractivity contribution in [1.29, 1.82) is 0 Å². The lowest BCUT2D eigenvalue weighted by atomic mass is 9.85. The number of nitrogens with one attached hydrogen (secondary N) is 2. The maximum Gasteiger partial charge on any atom is -0.000522 e. The van der Waals surface area contributed by atoms with Crippen LogP contribution in [0.5, 0.6) is 0 Å². The zero-order valence-electron chi connectivity index (χ0n) is 11.7.